The average Bonchev–Trinajstić information content (AvgIpc) is 3.07. The van der Waals surface area contributed by atoms with Crippen LogP contribution in [0.4, 0.5) is 13.2 Å². The normalized spacial score (nSPS) is 13.6. The Bertz CT molecular complexity index is 836. The molecule has 0 bridgehead atoms. The first-order valence-corrected chi connectivity index (χ1v) is 9.10. The molecule has 152 valence electrons. The van der Waals surface area contributed by atoms with Crippen molar-refractivity contribution in [1.29, 1.82) is 0 Å². The molecule has 1 aromatic carbocycles. The van der Waals surface area contributed by atoms with Crippen LogP contribution < -0.4 is 5.32 Å². The summed E-state index contributed by atoms with van der Waals surface area (Å²) in [6.07, 6.45) is -5.88. The summed E-state index contributed by atoms with van der Waals surface area (Å²) in [5.41, 5.74) is -1.87. The second-order valence-electron chi connectivity index (χ2n) is 6.12. The van der Waals surface area contributed by atoms with E-state index in [-0.39, 0.29) is 6.54 Å². The number of nitrogens with one attached hydrogen (secondary N) is 1. The van der Waals surface area contributed by atoms with Crippen molar-refractivity contribution >= 4 is 23.2 Å². The number of alkyl halides is 3. The third-order valence-corrected chi connectivity index (χ3v) is 5.08. The maximum atomic E-state index is 13.4. The summed E-state index contributed by atoms with van der Waals surface area (Å²) in [6.45, 7) is 1.57. The molecule has 6 nitrogen and oxygen atoms in total. The maximum absolute atomic E-state index is 13.4. The number of halogens is 3. The van der Waals surface area contributed by atoms with Gasteiger partial charge in [0.25, 0.3) is 0 Å². The van der Waals surface area contributed by atoms with Crippen LogP contribution in [0.15, 0.2) is 29.6 Å². The number of nitrogens with zero attached hydrogens (tertiary/aromatic N) is 1. The van der Waals surface area contributed by atoms with Crippen molar-refractivity contribution in [2.75, 3.05) is 13.7 Å². The zero-order valence-corrected chi connectivity index (χ0v) is 16.0. The molecule has 2 N–H and O–H groups in total. The number of hydrogen-bond acceptors (Lipinski definition) is 6. The summed E-state index contributed by atoms with van der Waals surface area (Å²) in [4.78, 5) is 27.1. The van der Waals surface area contributed by atoms with E-state index in [9.17, 15) is 27.9 Å². The van der Waals surface area contributed by atoms with E-state index in [2.05, 4.69) is 15.0 Å². The molecule has 0 radical (unpaired) electrons. The molecule has 1 heterocycles. The number of carbonyl (C=O) groups excluding carboxylic acids is 2. The van der Waals surface area contributed by atoms with Crippen LogP contribution in [0.5, 0.6) is 0 Å². The van der Waals surface area contributed by atoms with Crippen molar-refractivity contribution in [3.8, 4) is 0 Å². The number of hydrogen-bond donors (Lipinski definition) is 2. The third kappa shape index (κ3) is 5.08. The highest BCUT2D eigenvalue weighted by molar-refractivity contribution is 7.09. The number of aromatic nitrogens is 1. The van der Waals surface area contributed by atoms with Gasteiger partial charge < -0.3 is 15.2 Å². The minimum atomic E-state index is -5.04. The van der Waals surface area contributed by atoms with E-state index in [1.54, 1.807) is 24.3 Å². The second kappa shape index (κ2) is 8.70. The van der Waals surface area contributed by atoms with Crippen molar-refractivity contribution in [1.82, 2.24) is 10.3 Å². The standard InChI is InChI=1S/C18H19F3N2O4S/c1-11-10-28-16(23-11)17(26,18(19,20)21)9-14(24)22-8-7-12-3-5-13(6-4-12)15(25)27-2/h3-6,10,26H,7-9H2,1-2H3,(H,22,24). The molecular formula is C18H19F3N2O4S. The van der Waals surface area contributed by atoms with E-state index in [1.807, 2.05) is 0 Å². The third-order valence-electron chi connectivity index (χ3n) is 3.97. The SMILES string of the molecule is COC(=O)c1ccc(CCNC(=O)CC(O)(c2nc(C)cs2)C(F)(F)F)cc1. The Morgan fingerprint density at radius 2 is 1.89 bits per heavy atom. The average molecular weight is 416 g/mol. The minimum absolute atomic E-state index is 0.0707. The number of methoxy groups -OCH3 is 1. The second-order valence-corrected chi connectivity index (χ2v) is 6.98. The Morgan fingerprint density at radius 3 is 2.39 bits per heavy atom. The molecule has 0 saturated carbocycles. The molecule has 2 aromatic rings. The number of aliphatic hydroxyl groups is 1. The first kappa shape index (κ1) is 21.8. The molecule has 1 atom stereocenters. The summed E-state index contributed by atoms with van der Waals surface area (Å²) >= 11 is 0.653. The van der Waals surface area contributed by atoms with Crippen LogP contribution in [-0.2, 0) is 21.6 Å². The van der Waals surface area contributed by atoms with Crippen LogP contribution in [0.2, 0.25) is 0 Å². The largest absolute Gasteiger partial charge is 0.465 e. The number of thiazole rings is 1. The summed E-state index contributed by atoms with van der Waals surface area (Å²) in [5.74, 6) is -1.43. The van der Waals surface area contributed by atoms with Gasteiger partial charge in [-0.05, 0) is 31.0 Å². The van der Waals surface area contributed by atoms with Crippen molar-refractivity contribution < 1.29 is 32.6 Å². The van der Waals surface area contributed by atoms with E-state index in [0.717, 1.165) is 5.56 Å². The fraction of sp³-hybridized carbons (Fsp3) is 0.389. The van der Waals surface area contributed by atoms with E-state index in [1.165, 1.54) is 19.4 Å². The summed E-state index contributed by atoms with van der Waals surface area (Å²) in [5, 5.41) is 13.3. The molecule has 10 heteroatoms. The van der Waals surface area contributed by atoms with Crippen LogP contribution >= 0.6 is 11.3 Å². The molecule has 0 saturated heterocycles. The van der Waals surface area contributed by atoms with E-state index < -0.39 is 35.1 Å². The van der Waals surface area contributed by atoms with Crippen molar-refractivity contribution in [3.05, 3.63) is 51.5 Å². The number of esters is 1. The smallest absolute Gasteiger partial charge is 0.424 e. The quantitative estimate of drug-likeness (QED) is 0.678. The first-order valence-electron chi connectivity index (χ1n) is 8.22. The first-order chi connectivity index (χ1) is 13.1. The van der Waals surface area contributed by atoms with Crippen LogP contribution in [0, 0.1) is 6.92 Å². The van der Waals surface area contributed by atoms with Gasteiger partial charge in [0.05, 0.1) is 19.1 Å². The molecule has 0 aliphatic rings. The minimum Gasteiger partial charge on any atom is -0.465 e. The predicted molar refractivity (Wildman–Crippen MR) is 95.9 cm³/mol. The zero-order chi connectivity index (χ0) is 20.9. The molecule has 1 aromatic heterocycles. The van der Waals surface area contributed by atoms with Crippen LogP contribution in [0.1, 0.15) is 33.0 Å². The van der Waals surface area contributed by atoms with E-state index in [0.29, 0.717) is 29.0 Å². The van der Waals surface area contributed by atoms with Gasteiger partial charge in [0.2, 0.25) is 11.5 Å². The van der Waals surface area contributed by atoms with Gasteiger partial charge in [0.1, 0.15) is 5.01 Å². The van der Waals surface area contributed by atoms with Gasteiger partial charge in [0, 0.05) is 17.6 Å². The number of carbonyl (C=O) groups is 2. The number of ether oxygens (including phenoxy) is 1. The fourth-order valence-corrected chi connectivity index (χ4v) is 3.32. The number of rotatable bonds is 7. The molecule has 2 rings (SSSR count). The van der Waals surface area contributed by atoms with Crippen molar-refractivity contribution in [2.24, 2.45) is 0 Å². The predicted octanol–water partition coefficient (Wildman–Crippen LogP) is 2.74. The molecule has 0 fully saturated rings. The molecule has 1 amide bonds. The topological polar surface area (TPSA) is 88.5 Å². The number of benzene rings is 1. The monoisotopic (exact) mass is 416 g/mol. The van der Waals surface area contributed by atoms with E-state index in [4.69, 9.17) is 0 Å². The summed E-state index contributed by atoms with van der Waals surface area (Å²) < 4.78 is 44.7. The number of amides is 1. The Morgan fingerprint density at radius 1 is 1.25 bits per heavy atom. The van der Waals surface area contributed by atoms with Gasteiger partial charge >= 0.3 is 12.1 Å². The molecule has 28 heavy (non-hydrogen) atoms. The van der Waals surface area contributed by atoms with Crippen molar-refractivity contribution in [3.63, 3.8) is 0 Å². The molecule has 1 unspecified atom stereocenters. The lowest BCUT2D eigenvalue weighted by Crippen LogP contribution is -2.46. The van der Waals surface area contributed by atoms with E-state index >= 15 is 0 Å². The Balaban J connectivity index is 1.95. The molecule has 0 spiro atoms. The fourth-order valence-electron chi connectivity index (χ4n) is 2.41. The van der Waals surface area contributed by atoms with Gasteiger partial charge in [-0.3, -0.25) is 4.79 Å². The van der Waals surface area contributed by atoms with Crippen LogP contribution in [-0.4, -0.2) is 41.8 Å². The lowest BCUT2D eigenvalue weighted by Gasteiger charge is -2.27. The van der Waals surface area contributed by atoms with Gasteiger partial charge in [-0.25, -0.2) is 9.78 Å². The Kier molecular flexibility index (Phi) is 6.78. The highest BCUT2D eigenvalue weighted by Crippen LogP contribution is 2.42. The maximum Gasteiger partial charge on any atom is 0.424 e. The van der Waals surface area contributed by atoms with Crippen LogP contribution in [0.25, 0.3) is 0 Å². The zero-order valence-electron chi connectivity index (χ0n) is 15.2. The highest BCUT2D eigenvalue weighted by Gasteiger charge is 2.58. The van der Waals surface area contributed by atoms with Gasteiger partial charge in [-0.1, -0.05) is 12.1 Å². The molecule has 0 aliphatic heterocycles. The lowest BCUT2D eigenvalue weighted by molar-refractivity contribution is -0.267. The van der Waals surface area contributed by atoms with Crippen molar-refractivity contribution in [2.45, 2.75) is 31.5 Å². The van der Waals surface area contributed by atoms with Gasteiger partial charge in [0.15, 0.2) is 0 Å². The van der Waals surface area contributed by atoms with Crippen LogP contribution in [0.3, 0.4) is 0 Å². The van der Waals surface area contributed by atoms with Gasteiger partial charge in [-0.2, -0.15) is 13.2 Å². The van der Waals surface area contributed by atoms with Gasteiger partial charge in [-0.15, -0.1) is 11.3 Å². The Labute approximate surface area is 163 Å². The summed E-state index contributed by atoms with van der Waals surface area (Å²) in [6, 6.07) is 6.41. The number of aryl methyl sites for hydroxylation is 1. The summed E-state index contributed by atoms with van der Waals surface area (Å²) in [7, 11) is 1.26. The lowest BCUT2D eigenvalue weighted by atomic mass is 9.99. The Hall–Kier alpha value is -2.46. The molecule has 0 aliphatic carbocycles. The highest BCUT2D eigenvalue weighted by atomic mass is 32.1. The molecular weight excluding hydrogens is 397 g/mol.